The molecule has 158 valence electrons. The highest BCUT2D eigenvalue weighted by Crippen LogP contribution is 2.24. The first-order chi connectivity index (χ1) is 14.5. The molecule has 0 radical (unpaired) electrons. The van der Waals surface area contributed by atoms with Crippen LogP contribution in [0.25, 0.3) is 0 Å². The first-order valence-electron chi connectivity index (χ1n) is 9.74. The lowest BCUT2D eigenvalue weighted by atomic mass is 10.1. The van der Waals surface area contributed by atoms with Gasteiger partial charge in [0, 0.05) is 32.0 Å². The van der Waals surface area contributed by atoms with Crippen LogP contribution >= 0.6 is 15.9 Å². The van der Waals surface area contributed by atoms with Crippen LogP contribution in [0.15, 0.2) is 41.1 Å². The van der Waals surface area contributed by atoms with Crippen LogP contribution in [0.2, 0.25) is 0 Å². The van der Waals surface area contributed by atoms with E-state index >= 15 is 0 Å². The molecule has 0 N–H and O–H groups in total. The van der Waals surface area contributed by atoms with Crippen molar-refractivity contribution in [3.05, 3.63) is 46.9 Å². The standard InChI is InChI=1S/C20H21BrFN5O3/c21-14-10-23-19(24-11-14)30-15-4-3-7-25(12-15)18(28)13-26-8-9-27(20(26)29)17-6-2-1-5-16(17)22/h1-2,5-6,10-11,15H,3-4,7-9,12-13H2. The molecule has 0 aliphatic carbocycles. The predicted octanol–water partition coefficient (Wildman–Crippen LogP) is 2.69. The molecule has 0 spiro atoms. The molecule has 3 amide bonds. The van der Waals surface area contributed by atoms with Gasteiger partial charge in [0.1, 0.15) is 18.5 Å². The van der Waals surface area contributed by atoms with Gasteiger partial charge in [-0.15, -0.1) is 0 Å². The van der Waals surface area contributed by atoms with Gasteiger partial charge in [-0.2, -0.15) is 0 Å². The molecule has 1 unspecified atom stereocenters. The van der Waals surface area contributed by atoms with Crippen molar-refractivity contribution in [2.45, 2.75) is 18.9 Å². The van der Waals surface area contributed by atoms with Crippen LogP contribution in [0.3, 0.4) is 0 Å². The van der Waals surface area contributed by atoms with Crippen LogP contribution < -0.4 is 9.64 Å². The van der Waals surface area contributed by atoms with Gasteiger partial charge in [0.15, 0.2) is 0 Å². The lowest BCUT2D eigenvalue weighted by Crippen LogP contribution is -2.48. The smallest absolute Gasteiger partial charge is 0.325 e. The number of urea groups is 1. The molecule has 8 nitrogen and oxygen atoms in total. The SMILES string of the molecule is O=C(CN1CCN(c2ccccc2F)C1=O)N1CCCC(Oc2ncc(Br)cn2)C1. The Bertz CT molecular complexity index is 929. The number of carbonyl (C=O) groups is 2. The number of amides is 3. The molecule has 30 heavy (non-hydrogen) atoms. The molecular weight excluding hydrogens is 457 g/mol. The monoisotopic (exact) mass is 477 g/mol. The number of aromatic nitrogens is 2. The lowest BCUT2D eigenvalue weighted by Gasteiger charge is -2.33. The summed E-state index contributed by atoms with van der Waals surface area (Å²) in [7, 11) is 0. The summed E-state index contributed by atoms with van der Waals surface area (Å²) in [6.45, 7) is 1.71. The maximum Gasteiger partial charge on any atom is 0.325 e. The van der Waals surface area contributed by atoms with Gasteiger partial charge in [0.2, 0.25) is 5.91 Å². The van der Waals surface area contributed by atoms with Gasteiger partial charge >= 0.3 is 12.0 Å². The number of benzene rings is 1. The van der Waals surface area contributed by atoms with Crippen molar-refractivity contribution in [2.24, 2.45) is 0 Å². The number of nitrogens with zero attached hydrogens (tertiary/aromatic N) is 5. The molecule has 2 aliphatic heterocycles. The van der Waals surface area contributed by atoms with E-state index < -0.39 is 5.82 Å². The molecular formula is C20H21BrFN5O3. The van der Waals surface area contributed by atoms with Gasteiger partial charge in [-0.1, -0.05) is 12.1 Å². The maximum atomic E-state index is 14.0. The van der Waals surface area contributed by atoms with Crippen LogP contribution in [0.5, 0.6) is 6.01 Å². The summed E-state index contributed by atoms with van der Waals surface area (Å²) in [6.07, 6.45) is 4.60. The molecule has 10 heteroatoms. The van der Waals surface area contributed by atoms with Crippen molar-refractivity contribution in [2.75, 3.05) is 37.6 Å². The fourth-order valence-electron chi connectivity index (χ4n) is 3.66. The van der Waals surface area contributed by atoms with E-state index in [1.54, 1.807) is 35.5 Å². The normalized spacial score (nSPS) is 19.3. The molecule has 2 aromatic rings. The summed E-state index contributed by atoms with van der Waals surface area (Å²) < 4.78 is 20.6. The molecule has 1 aromatic carbocycles. The molecule has 2 fully saturated rings. The highest BCUT2D eigenvalue weighted by Gasteiger charge is 2.34. The first-order valence-corrected chi connectivity index (χ1v) is 10.5. The van der Waals surface area contributed by atoms with Gasteiger partial charge in [-0.3, -0.25) is 9.69 Å². The van der Waals surface area contributed by atoms with Gasteiger partial charge in [-0.05, 0) is 40.9 Å². The number of piperidine rings is 1. The number of hydrogen-bond acceptors (Lipinski definition) is 5. The quantitative estimate of drug-likeness (QED) is 0.661. The van der Waals surface area contributed by atoms with Crippen molar-refractivity contribution in [1.82, 2.24) is 19.8 Å². The number of anilines is 1. The van der Waals surface area contributed by atoms with E-state index in [9.17, 15) is 14.0 Å². The third-order valence-corrected chi connectivity index (χ3v) is 5.57. The minimum Gasteiger partial charge on any atom is -0.458 e. The van der Waals surface area contributed by atoms with Crippen LogP contribution in [0.4, 0.5) is 14.9 Å². The Morgan fingerprint density at radius 2 is 1.97 bits per heavy atom. The molecule has 1 atom stereocenters. The highest BCUT2D eigenvalue weighted by molar-refractivity contribution is 9.10. The van der Waals surface area contributed by atoms with Gasteiger partial charge in [0.05, 0.1) is 16.7 Å². The predicted molar refractivity (Wildman–Crippen MR) is 111 cm³/mol. The minimum atomic E-state index is -0.454. The number of para-hydroxylation sites is 1. The third-order valence-electron chi connectivity index (χ3n) is 5.16. The van der Waals surface area contributed by atoms with E-state index in [0.717, 1.165) is 17.3 Å². The number of rotatable bonds is 5. The van der Waals surface area contributed by atoms with Crippen molar-refractivity contribution in [3.63, 3.8) is 0 Å². The van der Waals surface area contributed by atoms with Crippen molar-refractivity contribution in [1.29, 1.82) is 0 Å². The Labute approximate surface area is 181 Å². The van der Waals surface area contributed by atoms with Crippen LogP contribution in [-0.2, 0) is 4.79 Å². The number of ether oxygens (including phenoxy) is 1. The minimum absolute atomic E-state index is 0.0364. The molecule has 1 aromatic heterocycles. The Kier molecular flexibility index (Phi) is 6.12. The zero-order chi connectivity index (χ0) is 21.1. The number of halogens is 2. The Balaban J connectivity index is 1.34. The Morgan fingerprint density at radius 1 is 1.20 bits per heavy atom. The molecule has 0 saturated carbocycles. The topological polar surface area (TPSA) is 78.9 Å². The summed E-state index contributed by atoms with van der Waals surface area (Å²) >= 11 is 3.28. The number of likely N-dealkylation sites (tertiary alicyclic amines) is 1. The first kappa shape index (κ1) is 20.5. The number of carbonyl (C=O) groups excluding carboxylic acids is 2. The highest BCUT2D eigenvalue weighted by atomic mass is 79.9. The molecule has 2 saturated heterocycles. The zero-order valence-electron chi connectivity index (χ0n) is 16.2. The zero-order valence-corrected chi connectivity index (χ0v) is 17.8. The molecule has 0 bridgehead atoms. The van der Waals surface area contributed by atoms with Crippen molar-refractivity contribution < 1.29 is 18.7 Å². The van der Waals surface area contributed by atoms with Crippen LogP contribution in [0, 0.1) is 5.82 Å². The fraction of sp³-hybridized carbons (Fsp3) is 0.400. The molecule has 4 rings (SSSR count). The van der Waals surface area contributed by atoms with E-state index in [1.807, 2.05) is 0 Å². The summed E-state index contributed by atoms with van der Waals surface area (Å²) in [4.78, 5) is 38.2. The second-order valence-electron chi connectivity index (χ2n) is 7.21. The maximum absolute atomic E-state index is 14.0. The van der Waals surface area contributed by atoms with E-state index in [4.69, 9.17) is 4.74 Å². The van der Waals surface area contributed by atoms with Gasteiger partial charge < -0.3 is 14.5 Å². The van der Waals surface area contributed by atoms with E-state index in [0.29, 0.717) is 26.2 Å². The lowest BCUT2D eigenvalue weighted by molar-refractivity contribution is -0.134. The van der Waals surface area contributed by atoms with Crippen LogP contribution in [0.1, 0.15) is 12.8 Å². The van der Waals surface area contributed by atoms with Gasteiger partial charge in [-0.25, -0.2) is 19.2 Å². The van der Waals surface area contributed by atoms with E-state index in [2.05, 4.69) is 25.9 Å². The fourth-order valence-corrected chi connectivity index (χ4v) is 3.86. The van der Waals surface area contributed by atoms with E-state index in [-0.39, 0.29) is 36.3 Å². The second-order valence-corrected chi connectivity index (χ2v) is 8.13. The van der Waals surface area contributed by atoms with Crippen molar-refractivity contribution in [3.8, 4) is 6.01 Å². The number of hydrogen-bond donors (Lipinski definition) is 0. The van der Waals surface area contributed by atoms with Crippen molar-refractivity contribution >= 4 is 33.6 Å². The van der Waals surface area contributed by atoms with Gasteiger partial charge in [0.25, 0.3) is 0 Å². The van der Waals surface area contributed by atoms with E-state index in [1.165, 1.54) is 15.9 Å². The van der Waals surface area contributed by atoms with Crippen LogP contribution in [-0.4, -0.2) is 70.5 Å². The third kappa shape index (κ3) is 4.53. The largest absolute Gasteiger partial charge is 0.458 e. The average molecular weight is 478 g/mol. The summed E-state index contributed by atoms with van der Waals surface area (Å²) in [5, 5.41) is 0. The molecule has 2 aliphatic rings. The Morgan fingerprint density at radius 3 is 2.73 bits per heavy atom. The molecule has 3 heterocycles. The Hall–Kier alpha value is -2.75. The summed E-state index contributed by atoms with van der Waals surface area (Å²) in [5.74, 6) is -0.603. The second kappa shape index (κ2) is 8.95. The average Bonchev–Trinajstić information content (AvgIpc) is 3.10. The summed E-state index contributed by atoms with van der Waals surface area (Å²) in [6, 6.07) is 6.06. The summed E-state index contributed by atoms with van der Waals surface area (Å²) in [5.41, 5.74) is 0.235.